The molecule has 2 rings (SSSR count). The van der Waals surface area contributed by atoms with Crippen LogP contribution in [0.2, 0.25) is 0 Å². The molecule has 0 unspecified atom stereocenters. The standard InChI is InChI=1S/C19H27N3OS/c1-7-22(8-2)18(23)16-14(6)20-19(24)21-17(16)15-12(4)9-11(3)10-13(15)5/h9-10,17H,7-8H2,1-6H3,(H2,20,21,24)/t17-/m1/s1. The second kappa shape index (κ2) is 7.34. The minimum Gasteiger partial charge on any atom is -0.351 e. The molecule has 0 fully saturated rings. The van der Waals surface area contributed by atoms with Gasteiger partial charge in [-0.3, -0.25) is 4.79 Å². The molecule has 1 heterocycles. The summed E-state index contributed by atoms with van der Waals surface area (Å²) in [6.07, 6.45) is 0. The second-order valence-electron chi connectivity index (χ2n) is 6.36. The number of carbonyl (C=O) groups excluding carboxylic acids is 1. The molecule has 1 amide bonds. The lowest BCUT2D eigenvalue weighted by atomic mass is 9.87. The van der Waals surface area contributed by atoms with E-state index in [-0.39, 0.29) is 11.9 Å². The van der Waals surface area contributed by atoms with E-state index in [0.29, 0.717) is 18.2 Å². The van der Waals surface area contributed by atoms with Gasteiger partial charge in [0.15, 0.2) is 5.11 Å². The summed E-state index contributed by atoms with van der Waals surface area (Å²) in [5.74, 6) is 0.0596. The molecular weight excluding hydrogens is 318 g/mol. The van der Waals surface area contributed by atoms with Gasteiger partial charge in [0, 0.05) is 18.8 Å². The van der Waals surface area contributed by atoms with Crippen molar-refractivity contribution in [1.82, 2.24) is 15.5 Å². The van der Waals surface area contributed by atoms with Gasteiger partial charge in [-0.15, -0.1) is 0 Å². The van der Waals surface area contributed by atoms with Crippen molar-refractivity contribution in [2.24, 2.45) is 0 Å². The SMILES string of the molecule is CCN(CC)C(=O)C1=C(C)NC(=S)N[C@@H]1c1c(C)cc(C)cc1C. The first-order valence-electron chi connectivity index (χ1n) is 8.45. The summed E-state index contributed by atoms with van der Waals surface area (Å²) in [7, 11) is 0. The fourth-order valence-corrected chi connectivity index (χ4v) is 3.79. The number of carbonyl (C=O) groups is 1. The van der Waals surface area contributed by atoms with E-state index >= 15 is 0 Å². The zero-order valence-electron chi connectivity index (χ0n) is 15.4. The number of likely N-dealkylation sites (N-methyl/N-ethyl adjacent to an activating group) is 1. The average Bonchev–Trinajstić information content (AvgIpc) is 2.46. The van der Waals surface area contributed by atoms with Gasteiger partial charge >= 0.3 is 0 Å². The number of hydrogen-bond acceptors (Lipinski definition) is 2. The van der Waals surface area contributed by atoms with Gasteiger partial charge in [0.05, 0.1) is 11.6 Å². The van der Waals surface area contributed by atoms with Crippen molar-refractivity contribution >= 4 is 23.2 Å². The topological polar surface area (TPSA) is 44.4 Å². The molecule has 1 aliphatic rings. The quantitative estimate of drug-likeness (QED) is 0.822. The van der Waals surface area contributed by atoms with Crippen molar-refractivity contribution in [2.45, 2.75) is 47.6 Å². The smallest absolute Gasteiger partial charge is 0.253 e. The number of benzene rings is 1. The molecule has 0 aromatic heterocycles. The van der Waals surface area contributed by atoms with Crippen molar-refractivity contribution in [3.05, 3.63) is 45.7 Å². The number of allylic oxidation sites excluding steroid dienone is 1. The average molecular weight is 346 g/mol. The van der Waals surface area contributed by atoms with Crippen LogP contribution in [0, 0.1) is 20.8 Å². The molecule has 5 heteroatoms. The fraction of sp³-hybridized carbons (Fsp3) is 0.474. The number of hydrogen-bond donors (Lipinski definition) is 2. The number of nitrogens with zero attached hydrogens (tertiary/aromatic N) is 1. The molecule has 0 radical (unpaired) electrons. The summed E-state index contributed by atoms with van der Waals surface area (Å²) < 4.78 is 0. The lowest BCUT2D eigenvalue weighted by molar-refractivity contribution is -0.127. The van der Waals surface area contributed by atoms with E-state index in [1.54, 1.807) is 0 Å². The van der Waals surface area contributed by atoms with Crippen LogP contribution in [0.5, 0.6) is 0 Å². The molecule has 1 atom stereocenters. The predicted molar refractivity (Wildman–Crippen MR) is 103 cm³/mol. The molecular formula is C19H27N3OS. The Labute approximate surface area is 150 Å². The molecule has 0 aliphatic carbocycles. The van der Waals surface area contributed by atoms with Gasteiger partial charge in [-0.05, 0) is 70.5 Å². The van der Waals surface area contributed by atoms with E-state index in [0.717, 1.165) is 16.8 Å². The van der Waals surface area contributed by atoms with E-state index in [2.05, 4.69) is 43.5 Å². The third kappa shape index (κ3) is 3.46. The number of nitrogens with one attached hydrogen (secondary N) is 2. The highest BCUT2D eigenvalue weighted by molar-refractivity contribution is 7.80. The zero-order chi connectivity index (χ0) is 18.0. The maximum Gasteiger partial charge on any atom is 0.253 e. The summed E-state index contributed by atoms with van der Waals surface area (Å²) in [6.45, 7) is 13.6. The Morgan fingerprint density at radius 2 is 1.67 bits per heavy atom. The highest BCUT2D eigenvalue weighted by Gasteiger charge is 2.33. The van der Waals surface area contributed by atoms with E-state index < -0.39 is 0 Å². The van der Waals surface area contributed by atoms with Crippen LogP contribution >= 0.6 is 12.2 Å². The second-order valence-corrected chi connectivity index (χ2v) is 6.77. The molecule has 0 saturated heterocycles. The lowest BCUT2D eigenvalue weighted by Gasteiger charge is -2.34. The third-order valence-electron chi connectivity index (χ3n) is 4.58. The molecule has 1 aromatic carbocycles. The molecule has 2 N–H and O–H groups in total. The van der Waals surface area contributed by atoms with Crippen LogP contribution in [-0.4, -0.2) is 29.0 Å². The molecule has 130 valence electrons. The van der Waals surface area contributed by atoms with E-state index in [9.17, 15) is 4.79 Å². The van der Waals surface area contributed by atoms with Crippen LogP contribution in [0.25, 0.3) is 0 Å². The van der Waals surface area contributed by atoms with Crippen LogP contribution in [0.3, 0.4) is 0 Å². The number of rotatable bonds is 4. The van der Waals surface area contributed by atoms with Crippen LogP contribution in [0.1, 0.15) is 49.1 Å². The minimum absolute atomic E-state index is 0.0596. The Bertz CT molecular complexity index is 682. The Morgan fingerprint density at radius 3 is 2.17 bits per heavy atom. The maximum atomic E-state index is 13.1. The lowest BCUT2D eigenvalue weighted by Crippen LogP contribution is -2.48. The highest BCUT2D eigenvalue weighted by atomic mass is 32.1. The van der Waals surface area contributed by atoms with Crippen LogP contribution in [-0.2, 0) is 4.79 Å². The summed E-state index contributed by atoms with van der Waals surface area (Å²) >= 11 is 5.35. The van der Waals surface area contributed by atoms with Crippen molar-refractivity contribution in [2.75, 3.05) is 13.1 Å². The largest absolute Gasteiger partial charge is 0.351 e. The number of thiocarbonyl (C=S) groups is 1. The molecule has 0 bridgehead atoms. The normalized spacial score (nSPS) is 17.4. The van der Waals surface area contributed by atoms with Gasteiger partial charge < -0.3 is 15.5 Å². The van der Waals surface area contributed by atoms with Gasteiger partial charge in [0.2, 0.25) is 0 Å². The summed E-state index contributed by atoms with van der Waals surface area (Å²) in [4.78, 5) is 14.9. The van der Waals surface area contributed by atoms with Crippen molar-refractivity contribution in [1.29, 1.82) is 0 Å². The molecule has 1 aromatic rings. The van der Waals surface area contributed by atoms with Crippen molar-refractivity contribution in [3.8, 4) is 0 Å². The first-order valence-corrected chi connectivity index (χ1v) is 8.86. The van der Waals surface area contributed by atoms with E-state index in [1.807, 2.05) is 25.7 Å². The van der Waals surface area contributed by atoms with E-state index in [1.165, 1.54) is 16.7 Å². The molecule has 4 nitrogen and oxygen atoms in total. The number of amides is 1. The predicted octanol–water partition coefficient (Wildman–Crippen LogP) is 3.27. The van der Waals surface area contributed by atoms with E-state index in [4.69, 9.17) is 12.2 Å². The van der Waals surface area contributed by atoms with Gasteiger partial charge in [-0.2, -0.15) is 0 Å². The first kappa shape index (κ1) is 18.5. The minimum atomic E-state index is -0.215. The molecule has 0 saturated carbocycles. The zero-order valence-corrected chi connectivity index (χ0v) is 16.2. The Morgan fingerprint density at radius 1 is 1.12 bits per heavy atom. The summed E-state index contributed by atoms with van der Waals surface area (Å²) in [5, 5.41) is 6.99. The summed E-state index contributed by atoms with van der Waals surface area (Å²) in [5.41, 5.74) is 6.30. The molecule has 24 heavy (non-hydrogen) atoms. The van der Waals surface area contributed by atoms with Gasteiger partial charge in [-0.25, -0.2) is 0 Å². The third-order valence-corrected chi connectivity index (χ3v) is 4.80. The Balaban J connectivity index is 2.60. The maximum absolute atomic E-state index is 13.1. The van der Waals surface area contributed by atoms with Crippen LogP contribution in [0.15, 0.2) is 23.4 Å². The molecule has 0 spiro atoms. The fourth-order valence-electron chi connectivity index (χ4n) is 3.52. The van der Waals surface area contributed by atoms with Crippen LogP contribution in [0.4, 0.5) is 0 Å². The first-order chi connectivity index (χ1) is 11.3. The monoisotopic (exact) mass is 345 g/mol. The van der Waals surface area contributed by atoms with Gasteiger partial charge in [-0.1, -0.05) is 17.7 Å². The van der Waals surface area contributed by atoms with Crippen molar-refractivity contribution in [3.63, 3.8) is 0 Å². The van der Waals surface area contributed by atoms with Crippen LogP contribution < -0.4 is 10.6 Å². The summed E-state index contributed by atoms with van der Waals surface area (Å²) in [6, 6.07) is 4.10. The highest BCUT2D eigenvalue weighted by Crippen LogP contribution is 2.33. The molecule has 1 aliphatic heterocycles. The van der Waals surface area contributed by atoms with Crippen molar-refractivity contribution < 1.29 is 4.79 Å². The Kier molecular flexibility index (Phi) is 5.65. The Hall–Kier alpha value is -1.88. The number of aryl methyl sites for hydroxylation is 3. The van der Waals surface area contributed by atoms with Gasteiger partial charge in [0.1, 0.15) is 0 Å². The van der Waals surface area contributed by atoms with Gasteiger partial charge in [0.25, 0.3) is 5.91 Å².